The number of benzene rings is 1. The molecule has 0 saturated heterocycles. The summed E-state index contributed by atoms with van der Waals surface area (Å²) in [5, 5.41) is 14.9. The summed E-state index contributed by atoms with van der Waals surface area (Å²) < 4.78 is 2.23. The molecular weight excluding hydrogens is 400 g/mol. The van der Waals surface area contributed by atoms with Crippen molar-refractivity contribution in [3.63, 3.8) is 0 Å². The fraction of sp³-hybridized carbons (Fsp3) is 0.409. The van der Waals surface area contributed by atoms with E-state index in [9.17, 15) is 4.79 Å². The van der Waals surface area contributed by atoms with Crippen LogP contribution in [0.4, 0.5) is 0 Å². The van der Waals surface area contributed by atoms with Gasteiger partial charge in [0.05, 0.1) is 16.2 Å². The number of aryl methyl sites for hydroxylation is 1. The highest BCUT2D eigenvalue weighted by atomic mass is 32.2. The van der Waals surface area contributed by atoms with Crippen LogP contribution in [0.1, 0.15) is 55.8 Å². The molecule has 3 aromatic rings. The number of nitrogens with one attached hydrogen (secondary N) is 1. The number of carbonyl (C=O) groups excluding carboxylic acids is 1. The topological polar surface area (TPSA) is 59.8 Å². The SMILES string of the molecule is C[C@H](Sc1nnc(-c2cccs2)n1C1CC1)C(=O)N[C@H]1CCCc2ccccc21. The maximum atomic E-state index is 13.0. The second-order valence-electron chi connectivity index (χ2n) is 7.80. The van der Waals surface area contributed by atoms with Crippen molar-refractivity contribution in [1.82, 2.24) is 20.1 Å². The van der Waals surface area contributed by atoms with E-state index in [-0.39, 0.29) is 17.2 Å². The van der Waals surface area contributed by atoms with Crippen LogP contribution in [0, 0.1) is 0 Å². The summed E-state index contributed by atoms with van der Waals surface area (Å²) in [5.41, 5.74) is 2.63. The van der Waals surface area contributed by atoms with Gasteiger partial charge in [-0.1, -0.05) is 42.1 Å². The molecule has 0 unspecified atom stereocenters. The van der Waals surface area contributed by atoms with E-state index in [1.165, 1.54) is 22.9 Å². The molecule has 5 nitrogen and oxygen atoms in total. The Hall–Kier alpha value is -2.12. The summed E-state index contributed by atoms with van der Waals surface area (Å²) >= 11 is 3.20. The fourth-order valence-electron chi connectivity index (χ4n) is 4.00. The smallest absolute Gasteiger partial charge is 0.233 e. The van der Waals surface area contributed by atoms with E-state index < -0.39 is 0 Å². The lowest BCUT2D eigenvalue weighted by atomic mass is 9.88. The summed E-state index contributed by atoms with van der Waals surface area (Å²) in [6.45, 7) is 1.96. The molecule has 2 atom stereocenters. The quantitative estimate of drug-likeness (QED) is 0.565. The third-order valence-electron chi connectivity index (χ3n) is 5.66. The zero-order chi connectivity index (χ0) is 19.8. The molecule has 2 aromatic heterocycles. The van der Waals surface area contributed by atoms with E-state index in [1.54, 1.807) is 11.3 Å². The van der Waals surface area contributed by atoms with Crippen LogP contribution < -0.4 is 5.32 Å². The van der Waals surface area contributed by atoms with Gasteiger partial charge in [0.15, 0.2) is 11.0 Å². The van der Waals surface area contributed by atoms with Crippen LogP contribution in [-0.2, 0) is 11.2 Å². The molecule has 150 valence electrons. The highest BCUT2D eigenvalue weighted by Crippen LogP contribution is 2.42. The lowest BCUT2D eigenvalue weighted by Gasteiger charge is -2.27. The number of fused-ring (bicyclic) bond motifs is 1. The number of carbonyl (C=O) groups is 1. The van der Waals surface area contributed by atoms with Gasteiger partial charge in [0.25, 0.3) is 0 Å². The molecule has 1 fully saturated rings. The van der Waals surface area contributed by atoms with Crippen LogP contribution in [0.2, 0.25) is 0 Å². The van der Waals surface area contributed by atoms with Crippen molar-refractivity contribution in [2.24, 2.45) is 0 Å². The van der Waals surface area contributed by atoms with E-state index >= 15 is 0 Å². The van der Waals surface area contributed by atoms with Crippen molar-refractivity contribution in [2.45, 2.75) is 61.5 Å². The lowest BCUT2D eigenvalue weighted by molar-refractivity contribution is -0.121. The van der Waals surface area contributed by atoms with Gasteiger partial charge in [-0.2, -0.15) is 0 Å². The van der Waals surface area contributed by atoms with Crippen LogP contribution in [0.3, 0.4) is 0 Å². The van der Waals surface area contributed by atoms with Crippen molar-refractivity contribution in [2.75, 3.05) is 0 Å². The Balaban J connectivity index is 1.31. The predicted octanol–water partition coefficient (Wildman–Crippen LogP) is 5.02. The van der Waals surface area contributed by atoms with Crippen molar-refractivity contribution in [3.8, 4) is 10.7 Å². The van der Waals surface area contributed by atoms with Crippen molar-refractivity contribution in [3.05, 3.63) is 52.9 Å². The van der Waals surface area contributed by atoms with Gasteiger partial charge in [-0.25, -0.2) is 0 Å². The monoisotopic (exact) mass is 424 g/mol. The van der Waals surface area contributed by atoms with Crippen LogP contribution in [0.5, 0.6) is 0 Å². The number of hydrogen-bond donors (Lipinski definition) is 1. The van der Waals surface area contributed by atoms with Gasteiger partial charge in [0.1, 0.15) is 0 Å². The number of amides is 1. The first kappa shape index (κ1) is 18.9. The molecule has 7 heteroatoms. The van der Waals surface area contributed by atoms with Gasteiger partial charge in [0.2, 0.25) is 5.91 Å². The molecule has 29 heavy (non-hydrogen) atoms. The molecular formula is C22H24N4OS2. The van der Waals surface area contributed by atoms with Crippen molar-refractivity contribution < 1.29 is 4.79 Å². The highest BCUT2D eigenvalue weighted by molar-refractivity contribution is 8.00. The normalized spacial score (nSPS) is 19.6. The maximum Gasteiger partial charge on any atom is 0.233 e. The van der Waals surface area contributed by atoms with Crippen molar-refractivity contribution in [1.29, 1.82) is 0 Å². The first-order valence-electron chi connectivity index (χ1n) is 10.2. The molecule has 5 rings (SSSR count). The zero-order valence-corrected chi connectivity index (χ0v) is 18.0. The molecule has 1 amide bonds. The Morgan fingerprint density at radius 3 is 2.86 bits per heavy atom. The Bertz CT molecular complexity index is 1010. The average molecular weight is 425 g/mol. The minimum atomic E-state index is -0.220. The molecule has 0 aliphatic heterocycles. The minimum Gasteiger partial charge on any atom is -0.348 e. The Morgan fingerprint density at radius 1 is 1.21 bits per heavy atom. The standard InChI is InChI=1S/C22H24N4OS2/c1-14(21(27)23-18-9-4-7-15-6-2-3-8-17(15)18)29-22-25-24-20(19-10-5-13-28-19)26(22)16-11-12-16/h2-3,5-6,8,10,13-14,16,18H,4,7,9,11-12H2,1H3,(H,23,27)/t14-,18-/m0/s1. The number of aromatic nitrogens is 3. The second-order valence-corrected chi connectivity index (χ2v) is 10.1. The molecule has 1 saturated carbocycles. The Morgan fingerprint density at radius 2 is 2.07 bits per heavy atom. The van der Waals surface area contributed by atoms with Gasteiger partial charge in [-0.3, -0.25) is 9.36 Å². The third-order valence-corrected chi connectivity index (χ3v) is 7.58. The number of nitrogens with zero attached hydrogens (tertiary/aromatic N) is 3. The molecule has 1 aromatic carbocycles. The van der Waals surface area contributed by atoms with Crippen LogP contribution in [0.25, 0.3) is 10.7 Å². The van der Waals surface area contributed by atoms with Gasteiger partial charge in [0, 0.05) is 6.04 Å². The summed E-state index contributed by atoms with van der Waals surface area (Å²) in [6, 6.07) is 13.2. The van der Waals surface area contributed by atoms with Crippen LogP contribution >= 0.6 is 23.1 Å². The number of thiophene rings is 1. The lowest BCUT2D eigenvalue weighted by Crippen LogP contribution is -2.36. The van der Waals surface area contributed by atoms with Gasteiger partial charge >= 0.3 is 0 Å². The molecule has 2 aliphatic rings. The number of thioether (sulfide) groups is 1. The molecule has 0 bridgehead atoms. The number of rotatable bonds is 6. The van der Waals surface area contributed by atoms with E-state index in [0.717, 1.165) is 48.0 Å². The number of hydrogen-bond acceptors (Lipinski definition) is 5. The Labute approximate surface area is 178 Å². The summed E-state index contributed by atoms with van der Waals surface area (Å²) in [5.74, 6) is 0.999. The van der Waals surface area contributed by atoms with Gasteiger partial charge in [-0.15, -0.1) is 21.5 Å². The van der Waals surface area contributed by atoms with E-state index in [4.69, 9.17) is 0 Å². The predicted molar refractivity (Wildman–Crippen MR) is 117 cm³/mol. The average Bonchev–Trinajstić information content (AvgIpc) is 3.25. The van der Waals surface area contributed by atoms with Crippen molar-refractivity contribution >= 4 is 29.0 Å². The zero-order valence-electron chi connectivity index (χ0n) is 16.4. The fourth-order valence-corrected chi connectivity index (χ4v) is 5.63. The molecule has 0 spiro atoms. The van der Waals surface area contributed by atoms with Crippen LogP contribution in [-0.4, -0.2) is 25.9 Å². The first-order valence-corrected chi connectivity index (χ1v) is 12.0. The van der Waals surface area contributed by atoms with Gasteiger partial charge in [-0.05, 0) is 61.6 Å². The molecule has 1 N–H and O–H groups in total. The van der Waals surface area contributed by atoms with E-state index in [2.05, 4.69) is 55.8 Å². The summed E-state index contributed by atoms with van der Waals surface area (Å²) in [7, 11) is 0. The maximum absolute atomic E-state index is 13.0. The molecule has 0 radical (unpaired) electrons. The van der Waals surface area contributed by atoms with E-state index in [0.29, 0.717) is 6.04 Å². The first-order chi connectivity index (χ1) is 14.2. The van der Waals surface area contributed by atoms with Gasteiger partial charge < -0.3 is 5.32 Å². The van der Waals surface area contributed by atoms with Crippen LogP contribution in [0.15, 0.2) is 46.9 Å². The summed E-state index contributed by atoms with van der Waals surface area (Å²) in [4.78, 5) is 14.1. The highest BCUT2D eigenvalue weighted by Gasteiger charge is 2.32. The molecule has 2 heterocycles. The Kier molecular flexibility index (Phi) is 5.18. The third kappa shape index (κ3) is 3.85. The largest absolute Gasteiger partial charge is 0.348 e. The second kappa shape index (κ2) is 7.95. The molecule has 2 aliphatic carbocycles. The minimum absolute atomic E-state index is 0.0692. The van der Waals surface area contributed by atoms with E-state index in [1.807, 2.05) is 13.0 Å². The summed E-state index contributed by atoms with van der Waals surface area (Å²) in [6.07, 6.45) is 5.53.